The first kappa shape index (κ1) is 17.3. The van der Waals surface area contributed by atoms with Gasteiger partial charge in [-0.25, -0.2) is 9.59 Å². The molecule has 0 aromatic heterocycles. The number of aliphatic carboxylic acids is 1. The summed E-state index contributed by atoms with van der Waals surface area (Å²) in [6, 6.07) is 8.30. The van der Waals surface area contributed by atoms with Gasteiger partial charge in [-0.1, -0.05) is 45.0 Å². The average molecular weight is 238 g/mol. The smallest absolute Gasteiger partial charge is 0.335 e. The van der Waals surface area contributed by atoms with E-state index in [4.69, 9.17) is 10.2 Å². The van der Waals surface area contributed by atoms with Gasteiger partial charge in [0.2, 0.25) is 0 Å². The SMILES string of the molecule is C=CC(=O)O.CCC.O=C(O)c1ccccc1. The molecule has 0 heterocycles. The van der Waals surface area contributed by atoms with Gasteiger partial charge in [0.05, 0.1) is 5.56 Å². The second kappa shape index (κ2) is 12.0. The highest BCUT2D eigenvalue weighted by atomic mass is 16.4. The van der Waals surface area contributed by atoms with Crippen molar-refractivity contribution in [2.75, 3.05) is 0 Å². The normalized spacial score (nSPS) is 7.65. The standard InChI is InChI=1S/C7H6O2.C3H4O2.C3H8/c8-7(9)6-4-2-1-3-5-6;1-2-3(4)5;1-3-2/h1-5H,(H,8,9);2H,1H2,(H,4,5);3H2,1-2H3. The van der Waals surface area contributed by atoms with E-state index in [1.165, 1.54) is 6.42 Å². The van der Waals surface area contributed by atoms with Crippen LogP contribution in [0, 0.1) is 0 Å². The maximum atomic E-state index is 10.2. The third kappa shape index (κ3) is 13.9. The van der Waals surface area contributed by atoms with Gasteiger partial charge in [-0.15, -0.1) is 0 Å². The van der Waals surface area contributed by atoms with Gasteiger partial charge in [-0.2, -0.15) is 0 Å². The molecule has 0 bridgehead atoms. The molecule has 4 heteroatoms. The van der Waals surface area contributed by atoms with Gasteiger partial charge in [-0.05, 0) is 12.1 Å². The van der Waals surface area contributed by atoms with Crippen LogP contribution in [-0.2, 0) is 4.79 Å². The third-order valence-corrected chi connectivity index (χ3v) is 1.20. The quantitative estimate of drug-likeness (QED) is 0.776. The van der Waals surface area contributed by atoms with Crippen LogP contribution in [-0.4, -0.2) is 22.2 Å². The van der Waals surface area contributed by atoms with E-state index in [1.807, 2.05) is 0 Å². The molecule has 1 rings (SSSR count). The summed E-state index contributed by atoms with van der Waals surface area (Å²) in [4.78, 5) is 19.5. The molecule has 0 aliphatic rings. The Morgan fingerprint density at radius 1 is 1.18 bits per heavy atom. The van der Waals surface area contributed by atoms with Crippen molar-refractivity contribution in [1.82, 2.24) is 0 Å². The van der Waals surface area contributed by atoms with Crippen LogP contribution in [0.25, 0.3) is 0 Å². The Morgan fingerprint density at radius 3 is 1.71 bits per heavy atom. The van der Waals surface area contributed by atoms with E-state index in [2.05, 4.69) is 20.4 Å². The van der Waals surface area contributed by atoms with Crippen molar-refractivity contribution in [2.45, 2.75) is 20.3 Å². The molecule has 4 nitrogen and oxygen atoms in total. The Labute approximate surface area is 101 Å². The monoisotopic (exact) mass is 238 g/mol. The summed E-state index contributed by atoms with van der Waals surface area (Å²) in [6.07, 6.45) is 2.08. The molecular weight excluding hydrogens is 220 g/mol. The maximum absolute atomic E-state index is 10.2. The molecule has 0 unspecified atom stereocenters. The Balaban J connectivity index is 0. The van der Waals surface area contributed by atoms with Crippen molar-refractivity contribution >= 4 is 11.9 Å². The molecule has 2 N–H and O–H groups in total. The molecular formula is C13H18O4. The van der Waals surface area contributed by atoms with Crippen molar-refractivity contribution in [3.05, 3.63) is 48.6 Å². The maximum Gasteiger partial charge on any atom is 0.335 e. The fourth-order valence-corrected chi connectivity index (χ4v) is 0.581. The van der Waals surface area contributed by atoms with E-state index in [0.717, 1.165) is 6.08 Å². The summed E-state index contributed by atoms with van der Waals surface area (Å²) in [5, 5.41) is 16.0. The van der Waals surface area contributed by atoms with E-state index >= 15 is 0 Å². The fourth-order valence-electron chi connectivity index (χ4n) is 0.581. The number of carbonyl (C=O) groups is 2. The highest BCUT2D eigenvalue weighted by Gasteiger charge is 1.96. The number of rotatable bonds is 2. The van der Waals surface area contributed by atoms with Crippen LogP contribution in [0.15, 0.2) is 43.0 Å². The van der Waals surface area contributed by atoms with E-state index in [0.29, 0.717) is 5.56 Å². The Bertz CT molecular complexity index is 331. The zero-order chi connectivity index (χ0) is 13.7. The average Bonchev–Trinajstić information content (AvgIpc) is 2.32. The van der Waals surface area contributed by atoms with Crippen molar-refractivity contribution in [2.24, 2.45) is 0 Å². The van der Waals surface area contributed by atoms with Crippen molar-refractivity contribution in [3.8, 4) is 0 Å². The van der Waals surface area contributed by atoms with Crippen LogP contribution in [0.3, 0.4) is 0 Å². The van der Waals surface area contributed by atoms with Crippen molar-refractivity contribution < 1.29 is 19.8 Å². The van der Waals surface area contributed by atoms with E-state index in [9.17, 15) is 9.59 Å². The highest BCUT2D eigenvalue weighted by Crippen LogP contribution is 1.96. The molecule has 0 aliphatic carbocycles. The molecule has 1 aromatic rings. The molecule has 0 spiro atoms. The number of aromatic carboxylic acids is 1. The molecule has 17 heavy (non-hydrogen) atoms. The Kier molecular flexibility index (Phi) is 12.2. The number of hydrogen-bond donors (Lipinski definition) is 2. The number of benzene rings is 1. The topological polar surface area (TPSA) is 74.6 Å². The van der Waals surface area contributed by atoms with Crippen LogP contribution in [0.4, 0.5) is 0 Å². The minimum atomic E-state index is -0.981. The lowest BCUT2D eigenvalue weighted by atomic mass is 10.2. The van der Waals surface area contributed by atoms with Gasteiger partial charge in [0.15, 0.2) is 0 Å². The Hall–Kier alpha value is -2.10. The lowest BCUT2D eigenvalue weighted by molar-refractivity contribution is -0.131. The van der Waals surface area contributed by atoms with Crippen molar-refractivity contribution in [3.63, 3.8) is 0 Å². The zero-order valence-corrected chi connectivity index (χ0v) is 10.1. The van der Waals surface area contributed by atoms with Gasteiger partial charge in [-0.3, -0.25) is 0 Å². The van der Waals surface area contributed by atoms with Gasteiger partial charge in [0.1, 0.15) is 0 Å². The predicted octanol–water partition coefficient (Wildman–Crippen LogP) is 3.06. The Morgan fingerprint density at radius 2 is 1.53 bits per heavy atom. The first-order chi connectivity index (χ1) is 7.99. The lowest BCUT2D eigenvalue weighted by Gasteiger charge is -1.88. The molecule has 0 fully saturated rings. The third-order valence-electron chi connectivity index (χ3n) is 1.20. The lowest BCUT2D eigenvalue weighted by Crippen LogP contribution is -1.93. The summed E-state index contributed by atoms with van der Waals surface area (Å²) in [6.45, 7) is 7.21. The summed E-state index contributed by atoms with van der Waals surface area (Å²) >= 11 is 0. The molecule has 0 radical (unpaired) electrons. The second-order valence-electron chi connectivity index (χ2n) is 2.92. The van der Waals surface area contributed by atoms with Gasteiger partial charge in [0, 0.05) is 6.08 Å². The number of hydrogen-bond acceptors (Lipinski definition) is 2. The van der Waals surface area contributed by atoms with E-state index in [-0.39, 0.29) is 0 Å². The molecule has 0 atom stereocenters. The first-order valence-corrected chi connectivity index (χ1v) is 5.13. The highest BCUT2D eigenvalue weighted by molar-refractivity contribution is 5.87. The van der Waals surface area contributed by atoms with Crippen LogP contribution in [0.1, 0.15) is 30.6 Å². The fraction of sp³-hybridized carbons (Fsp3) is 0.231. The minimum Gasteiger partial charge on any atom is -0.478 e. The van der Waals surface area contributed by atoms with Crippen LogP contribution in [0.5, 0.6) is 0 Å². The summed E-state index contributed by atoms with van der Waals surface area (Å²) in [5.74, 6) is -1.86. The predicted molar refractivity (Wildman–Crippen MR) is 67.2 cm³/mol. The molecule has 0 amide bonds. The van der Waals surface area contributed by atoms with Crippen LogP contribution in [0.2, 0.25) is 0 Å². The molecule has 0 saturated carbocycles. The van der Waals surface area contributed by atoms with Crippen molar-refractivity contribution in [1.29, 1.82) is 0 Å². The molecule has 0 saturated heterocycles. The zero-order valence-electron chi connectivity index (χ0n) is 10.1. The van der Waals surface area contributed by atoms with Gasteiger partial charge >= 0.3 is 11.9 Å². The summed E-state index contributed by atoms with van der Waals surface area (Å²) < 4.78 is 0. The second-order valence-corrected chi connectivity index (χ2v) is 2.92. The molecule has 1 aromatic carbocycles. The summed E-state index contributed by atoms with van der Waals surface area (Å²) in [7, 11) is 0. The van der Waals surface area contributed by atoms with Gasteiger partial charge in [0.25, 0.3) is 0 Å². The van der Waals surface area contributed by atoms with E-state index < -0.39 is 11.9 Å². The first-order valence-electron chi connectivity index (χ1n) is 5.13. The largest absolute Gasteiger partial charge is 0.478 e. The molecule has 94 valence electrons. The van der Waals surface area contributed by atoms with Gasteiger partial charge < -0.3 is 10.2 Å². The summed E-state index contributed by atoms with van der Waals surface area (Å²) in [5.41, 5.74) is 0.331. The van der Waals surface area contributed by atoms with Crippen LogP contribution < -0.4 is 0 Å². The van der Waals surface area contributed by atoms with Crippen LogP contribution >= 0.6 is 0 Å². The minimum absolute atomic E-state index is 0.331. The molecule has 0 aliphatic heterocycles. The number of carboxylic acid groups (broad SMARTS) is 2. The van der Waals surface area contributed by atoms with E-state index in [1.54, 1.807) is 30.3 Å². The number of carboxylic acids is 2.